The first-order valence-corrected chi connectivity index (χ1v) is 8.88. The van der Waals surface area contributed by atoms with Crippen LogP contribution in [-0.2, 0) is 11.3 Å². The zero-order valence-electron chi connectivity index (χ0n) is 14.8. The van der Waals surface area contributed by atoms with Gasteiger partial charge in [0, 0.05) is 22.7 Å². The van der Waals surface area contributed by atoms with Gasteiger partial charge in [0.15, 0.2) is 5.01 Å². The van der Waals surface area contributed by atoms with Crippen LogP contribution in [-0.4, -0.2) is 27.7 Å². The highest BCUT2D eigenvalue weighted by molar-refractivity contribution is 7.16. The smallest absolute Gasteiger partial charge is 0.374 e. The summed E-state index contributed by atoms with van der Waals surface area (Å²) in [6.07, 6.45) is 0. The molecule has 0 unspecified atom stereocenters. The number of ether oxygens (including phenoxy) is 2. The molecule has 0 radical (unpaired) electrons. The lowest BCUT2D eigenvalue weighted by Gasteiger charge is -2.00. The monoisotopic (exact) mass is 385 g/mol. The number of hydrogen-bond acceptors (Lipinski definition) is 8. The molecule has 0 aliphatic rings. The van der Waals surface area contributed by atoms with Crippen LogP contribution in [0.25, 0.3) is 15.9 Å². The Balaban J connectivity index is 1.58. The predicted molar refractivity (Wildman–Crippen MR) is 98.5 cm³/mol. The standard InChI is InChI=1S/C18H15N3O5S/c1-9-6-15(22)21-18(19-9)27-14(20-21)8-25-17(23)16-10(2)12-7-11(24-3)4-5-13(12)26-16/h4-7H,8H2,1-3H3. The van der Waals surface area contributed by atoms with E-state index in [-0.39, 0.29) is 17.9 Å². The maximum Gasteiger partial charge on any atom is 0.374 e. The minimum atomic E-state index is -0.599. The second-order valence-electron chi connectivity index (χ2n) is 5.92. The molecule has 0 bridgehead atoms. The number of benzene rings is 1. The summed E-state index contributed by atoms with van der Waals surface area (Å²) in [5.41, 5.74) is 1.59. The van der Waals surface area contributed by atoms with E-state index in [0.717, 1.165) is 5.39 Å². The average Bonchev–Trinajstić information content (AvgIpc) is 3.20. The Bertz CT molecular complexity index is 1240. The topological polar surface area (TPSA) is 95.9 Å². The summed E-state index contributed by atoms with van der Waals surface area (Å²) in [6.45, 7) is 3.44. The fourth-order valence-corrected chi connectivity index (χ4v) is 3.59. The van der Waals surface area contributed by atoms with Crippen molar-refractivity contribution >= 4 is 33.2 Å². The third-order valence-corrected chi connectivity index (χ3v) is 4.95. The lowest BCUT2D eigenvalue weighted by atomic mass is 10.1. The van der Waals surface area contributed by atoms with Gasteiger partial charge in [-0.15, -0.1) is 0 Å². The van der Waals surface area contributed by atoms with Gasteiger partial charge in [0.25, 0.3) is 5.56 Å². The minimum Gasteiger partial charge on any atom is -0.497 e. The van der Waals surface area contributed by atoms with Crippen LogP contribution in [0.2, 0.25) is 0 Å². The summed E-state index contributed by atoms with van der Waals surface area (Å²) in [5, 5.41) is 5.39. The minimum absolute atomic E-state index is 0.0782. The molecule has 0 fully saturated rings. The van der Waals surface area contributed by atoms with Gasteiger partial charge in [0.1, 0.15) is 17.9 Å². The molecule has 4 rings (SSSR count). The van der Waals surface area contributed by atoms with Crippen LogP contribution >= 0.6 is 11.3 Å². The SMILES string of the molecule is COc1ccc2oc(C(=O)OCc3nn4c(=O)cc(C)nc4s3)c(C)c2c1. The number of rotatable bonds is 4. The number of carbonyl (C=O) groups is 1. The van der Waals surface area contributed by atoms with Gasteiger partial charge in [-0.25, -0.2) is 9.78 Å². The Hall–Kier alpha value is -3.20. The molecule has 0 amide bonds. The van der Waals surface area contributed by atoms with Crippen molar-refractivity contribution in [1.82, 2.24) is 14.6 Å². The maximum atomic E-state index is 12.4. The summed E-state index contributed by atoms with van der Waals surface area (Å²) < 4.78 is 17.3. The van der Waals surface area contributed by atoms with Gasteiger partial charge in [-0.1, -0.05) is 11.3 Å². The van der Waals surface area contributed by atoms with Crippen molar-refractivity contribution < 1.29 is 18.7 Å². The molecule has 0 aliphatic carbocycles. The molecule has 3 aromatic heterocycles. The number of aromatic nitrogens is 3. The van der Waals surface area contributed by atoms with Crippen molar-refractivity contribution in [3.63, 3.8) is 0 Å². The first-order valence-electron chi connectivity index (χ1n) is 8.07. The number of furan rings is 1. The summed E-state index contributed by atoms with van der Waals surface area (Å²) in [6, 6.07) is 6.70. The van der Waals surface area contributed by atoms with Gasteiger partial charge in [0.05, 0.1) is 7.11 Å². The van der Waals surface area contributed by atoms with Crippen molar-refractivity contribution in [2.75, 3.05) is 7.11 Å². The lowest BCUT2D eigenvalue weighted by molar-refractivity contribution is 0.0436. The Morgan fingerprint density at radius 1 is 1.30 bits per heavy atom. The molecule has 0 saturated heterocycles. The van der Waals surface area contributed by atoms with E-state index in [0.29, 0.717) is 32.6 Å². The molecular weight excluding hydrogens is 370 g/mol. The van der Waals surface area contributed by atoms with Gasteiger partial charge in [-0.05, 0) is 32.0 Å². The van der Waals surface area contributed by atoms with Crippen molar-refractivity contribution in [2.45, 2.75) is 20.5 Å². The van der Waals surface area contributed by atoms with E-state index >= 15 is 0 Å². The van der Waals surface area contributed by atoms with Crippen molar-refractivity contribution in [2.24, 2.45) is 0 Å². The van der Waals surface area contributed by atoms with E-state index in [4.69, 9.17) is 13.9 Å². The molecule has 0 aliphatic heterocycles. The summed E-state index contributed by atoms with van der Waals surface area (Å²) >= 11 is 1.19. The predicted octanol–water partition coefficient (Wildman–Crippen LogP) is 2.88. The van der Waals surface area contributed by atoms with E-state index < -0.39 is 5.97 Å². The summed E-state index contributed by atoms with van der Waals surface area (Å²) in [5.74, 6) is 0.206. The highest BCUT2D eigenvalue weighted by Crippen LogP contribution is 2.29. The molecule has 4 aromatic rings. The quantitative estimate of drug-likeness (QED) is 0.498. The largest absolute Gasteiger partial charge is 0.497 e. The molecular formula is C18H15N3O5S. The number of aryl methyl sites for hydroxylation is 2. The average molecular weight is 385 g/mol. The van der Waals surface area contributed by atoms with E-state index in [1.165, 1.54) is 21.9 Å². The molecule has 1 aromatic carbocycles. The molecule has 3 heterocycles. The van der Waals surface area contributed by atoms with Crippen LogP contribution in [0, 0.1) is 13.8 Å². The highest BCUT2D eigenvalue weighted by Gasteiger charge is 2.20. The van der Waals surface area contributed by atoms with Gasteiger partial charge in [0.2, 0.25) is 10.7 Å². The first kappa shape index (κ1) is 17.2. The second-order valence-corrected chi connectivity index (χ2v) is 6.96. The van der Waals surface area contributed by atoms with E-state index in [2.05, 4.69) is 10.1 Å². The number of esters is 1. The molecule has 138 valence electrons. The molecule has 27 heavy (non-hydrogen) atoms. The Kier molecular flexibility index (Phi) is 4.15. The third-order valence-electron chi connectivity index (χ3n) is 4.07. The van der Waals surface area contributed by atoms with Gasteiger partial charge < -0.3 is 13.9 Å². The van der Waals surface area contributed by atoms with Gasteiger partial charge in [-0.3, -0.25) is 4.79 Å². The van der Waals surface area contributed by atoms with Gasteiger partial charge in [-0.2, -0.15) is 9.61 Å². The highest BCUT2D eigenvalue weighted by atomic mass is 32.1. The van der Waals surface area contributed by atoms with Crippen LogP contribution in [0.5, 0.6) is 5.75 Å². The van der Waals surface area contributed by atoms with Crippen molar-refractivity contribution in [3.8, 4) is 5.75 Å². The normalized spacial score (nSPS) is 11.2. The number of hydrogen-bond donors (Lipinski definition) is 0. The zero-order chi connectivity index (χ0) is 19.1. The Morgan fingerprint density at radius 3 is 2.89 bits per heavy atom. The van der Waals surface area contributed by atoms with Crippen LogP contribution in [0.15, 0.2) is 33.5 Å². The lowest BCUT2D eigenvalue weighted by Crippen LogP contribution is -2.14. The number of nitrogens with zero attached hydrogens (tertiary/aromatic N) is 3. The van der Waals surface area contributed by atoms with Crippen LogP contribution < -0.4 is 10.3 Å². The van der Waals surface area contributed by atoms with Gasteiger partial charge >= 0.3 is 5.97 Å². The maximum absolute atomic E-state index is 12.4. The van der Waals surface area contributed by atoms with Crippen molar-refractivity contribution in [3.05, 3.63) is 56.6 Å². The first-order chi connectivity index (χ1) is 13.0. The number of fused-ring (bicyclic) bond motifs is 2. The summed E-state index contributed by atoms with van der Waals surface area (Å²) in [7, 11) is 1.57. The fourth-order valence-electron chi connectivity index (χ4n) is 2.73. The van der Waals surface area contributed by atoms with E-state index in [1.807, 2.05) is 0 Å². The van der Waals surface area contributed by atoms with Crippen LogP contribution in [0.3, 0.4) is 0 Å². The van der Waals surface area contributed by atoms with Crippen molar-refractivity contribution in [1.29, 1.82) is 0 Å². The Morgan fingerprint density at radius 2 is 2.11 bits per heavy atom. The number of methoxy groups -OCH3 is 1. The van der Waals surface area contributed by atoms with E-state index in [1.54, 1.807) is 39.2 Å². The molecule has 0 N–H and O–H groups in total. The molecule has 8 nitrogen and oxygen atoms in total. The Labute approximate surface area is 157 Å². The molecule has 0 saturated carbocycles. The molecule has 0 spiro atoms. The summed E-state index contributed by atoms with van der Waals surface area (Å²) in [4.78, 5) is 29.1. The van der Waals surface area contributed by atoms with Crippen LogP contribution in [0.1, 0.15) is 26.8 Å². The van der Waals surface area contributed by atoms with Crippen LogP contribution in [0.4, 0.5) is 0 Å². The second kappa shape index (κ2) is 6.51. The molecule has 0 atom stereocenters. The number of carbonyl (C=O) groups excluding carboxylic acids is 1. The van der Waals surface area contributed by atoms with E-state index in [9.17, 15) is 9.59 Å². The fraction of sp³-hybridized carbons (Fsp3) is 0.222. The zero-order valence-corrected chi connectivity index (χ0v) is 15.6. The molecule has 9 heteroatoms. The third kappa shape index (κ3) is 3.06.